The number of fused-ring (bicyclic) bond motifs is 1. The van der Waals surface area contributed by atoms with Crippen LogP contribution in [0.5, 0.6) is 0 Å². The minimum Gasteiger partial charge on any atom is -0.398 e. The summed E-state index contributed by atoms with van der Waals surface area (Å²) in [6.45, 7) is 0.849. The number of halogens is 1. The fourth-order valence-electron chi connectivity index (χ4n) is 3.39. The fraction of sp³-hybridized carbons (Fsp3) is 0.471. The molecule has 2 fully saturated rings. The van der Waals surface area contributed by atoms with Gasteiger partial charge < -0.3 is 11.1 Å². The lowest BCUT2D eigenvalue weighted by molar-refractivity contribution is 0.427. The third kappa shape index (κ3) is 2.43. The molecule has 110 valence electrons. The standard InChI is InChI=1S/C17H20FN3/c18-14-8-15(19)12-2-1-7-20-16(12)17(14)21-9-13(10-3-4-10)11-5-6-11/h1-2,7-8,10-11,13,21H,3-6,9,19H2. The summed E-state index contributed by atoms with van der Waals surface area (Å²) in [5.41, 5.74) is 7.48. The van der Waals surface area contributed by atoms with Crippen LogP contribution in [0.1, 0.15) is 25.7 Å². The highest BCUT2D eigenvalue weighted by Crippen LogP contribution is 2.49. The smallest absolute Gasteiger partial charge is 0.150 e. The average Bonchev–Trinajstić information content (AvgIpc) is 3.36. The Labute approximate surface area is 123 Å². The molecule has 2 aliphatic rings. The number of hydrogen-bond donors (Lipinski definition) is 2. The Hall–Kier alpha value is -1.84. The first-order valence-electron chi connectivity index (χ1n) is 7.80. The molecule has 0 amide bonds. The van der Waals surface area contributed by atoms with Gasteiger partial charge in [-0.25, -0.2) is 4.39 Å². The minimum absolute atomic E-state index is 0.302. The summed E-state index contributed by atoms with van der Waals surface area (Å²) in [6, 6.07) is 5.12. The molecule has 2 saturated carbocycles. The van der Waals surface area contributed by atoms with E-state index in [9.17, 15) is 4.39 Å². The maximum Gasteiger partial charge on any atom is 0.150 e. The number of rotatable bonds is 5. The molecule has 3 N–H and O–H groups in total. The van der Waals surface area contributed by atoms with Gasteiger partial charge in [0.15, 0.2) is 5.82 Å². The van der Waals surface area contributed by atoms with Crippen LogP contribution in [-0.2, 0) is 0 Å². The van der Waals surface area contributed by atoms with Gasteiger partial charge in [-0.05, 0) is 61.6 Å². The van der Waals surface area contributed by atoms with Crippen LogP contribution >= 0.6 is 0 Å². The van der Waals surface area contributed by atoms with Crippen molar-refractivity contribution >= 4 is 22.3 Å². The zero-order chi connectivity index (χ0) is 14.4. The zero-order valence-electron chi connectivity index (χ0n) is 12.0. The SMILES string of the molecule is Nc1cc(F)c(NCC(C2CC2)C2CC2)c2ncccc12. The lowest BCUT2D eigenvalue weighted by Gasteiger charge is -2.18. The first kappa shape index (κ1) is 12.9. The van der Waals surface area contributed by atoms with Gasteiger partial charge in [-0.15, -0.1) is 0 Å². The molecule has 1 aromatic carbocycles. The van der Waals surface area contributed by atoms with E-state index in [4.69, 9.17) is 5.73 Å². The van der Waals surface area contributed by atoms with E-state index >= 15 is 0 Å². The van der Waals surface area contributed by atoms with E-state index in [1.165, 1.54) is 31.7 Å². The summed E-state index contributed by atoms with van der Waals surface area (Å²) in [5.74, 6) is 2.09. The van der Waals surface area contributed by atoms with E-state index in [2.05, 4.69) is 10.3 Å². The van der Waals surface area contributed by atoms with Gasteiger partial charge in [0.05, 0.1) is 11.2 Å². The highest BCUT2D eigenvalue weighted by atomic mass is 19.1. The maximum atomic E-state index is 14.3. The van der Waals surface area contributed by atoms with Gasteiger partial charge >= 0.3 is 0 Å². The Morgan fingerprint density at radius 3 is 2.67 bits per heavy atom. The molecule has 0 unspecified atom stereocenters. The van der Waals surface area contributed by atoms with Crippen molar-refractivity contribution in [2.45, 2.75) is 25.7 Å². The molecule has 0 aliphatic heterocycles. The van der Waals surface area contributed by atoms with Crippen LogP contribution in [0.4, 0.5) is 15.8 Å². The number of hydrogen-bond acceptors (Lipinski definition) is 3. The second-order valence-corrected chi connectivity index (χ2v) is 6.44. The molecular formula is C17H20FN3. The zero-order valence-corrected chi connectivity index (χ0v) is 12.0. The Balaban J connectivity index is 1.63. The molecule has 0 saturated heterocycles. The van der Waals surface area contributed by atoms with E-state index in [1.807, 2.05) is 12.1 Å². The number of nitrogens with zero attached hydrogens (tertiary/aromatic N) is 1. The van der Waals surface area contributed by atoms with E-state index in [1.54, 1.807) is 6.20 Å². The van der Waals surface area contributed by atoms with Crippen LogP contribution < -0.4 is 11.1 Å². The Kier molecular flexibility index (Phi) is 2.98. The Morgan fingerprint density at radius 1 is 1.29 bits per heavy atom. The van der Waals surface area contributed by atoms with Crippen molar-refractivity contribution in [1.82, 2.24) is 4.98 Å². The summed E-state index contributed by atoms with van der Waals surface area (Å²) < 4.78 is 14.3. The number of aromatic nitrogens is 1. The number of benzene rings is 1. The molecular weight excluding hydrogens is 265 g/mol. The number of pyridine rings is 1. The lowest BCUT2D eigenvalue weighted by Crippen LogP contribution is -2.19. The molecule has 0 spiro atoms. The number of nitrogens with one attached hydrogen (secondary N) is 1. The molecule has 4 heteroatoms. The van der Waals surface area contributed by atoms with Gasteiger partial charge in [0.2, 0.25) is 0 Å². The third-order valence-corrected chi connectivity index (χ3v) is 4.85. The van der Waals surface area contributed by atoms with Crippen LogP contribution in [-0.4, -0.2) is 11.5 Å². The predicted octanol–water partition coefficient (Wildman–Crippen LogP) is 3.80. The van der Waals surface area contributed by atoms with Crippen LogP contribution in [0.15, 0.2) is 24.4 Å². The average molecular weight is 285 g/mol. The minimum atomic E-state index is -0.302. The summed E-state index contributed by atoms with van der Waals surface area (Å²) in [5, 5.41) is 4.15. The lowest BCUT2D eigenvalue weighted by atomic mass is 9.97. The number of nitrogen functional groups attached to an aromatic ring is 1. The van der Waals surface area contributed by atoms with Crippen molar-refractivity contribution in [2.24, 2.45) is 17.8 Å². The summed E-state index contributed by atoms with van der Waals surface area (Å²) in [6.07, 6.45) is 7.04. The number of nitrogens with two attached hydrogens (primary N) is 1. The molecule has 2 aromatic rings. The third-order valence-electron chi connectivity index (χ3n) is 4.85. The molecule has 0 bridgehead atoms. The van der Waals surface area contributed by atoms with E-state index in [-0.39, 0.29) is 5.82 Å². The van der Waals surface area contributed by atoms with Gasteiger partial charge in [-0.2, -0.15) is 0 Å². The maximum absolute atomic E-state index is 14.3. The van der Waals surface area contributed by atoms with Crippen LogP contribution in [0, 0.1) is 23.6 Å². The van der Waals surface area contributed by atoms with Gasteiger partial charge in [0, 0.05) is 23.8 Å². The van der Waals surface area contributed by atoms with Crippen LogP contribution in [0.25, 0.3) is 10.9 Å². The van der Waals surface area contributed by atoms with E-state index in [0.717, 1.165) is 23.8 Å². The summed E-state index contributed by atoms with van der Waals surface area (Å²) in [7, 11) is 0. The highest BCUT2D eigenvalue weighted by molar-refractivity contribution is 5.98. The molecule has 1 aromatic heterocycles. The monoisotopic (exact) mass is 285 g/mol. The Morgan fingerprint density at radius 2 is 2.00 bits per heavy atom. The van der Waals surface area contributed by atoms with Crippen molar-refractivity contribution in [3.05, 3.63) is 30.2 Å². The normalized spacial score (nSPS) is 18.4. The Bertz CT molecular complexity index is 665. The quantitative estimate of drug-likeness (QED) is 0.821. The number of anilines is 2. The van der Waals surface area contributed by atoms with E-state index in [0.29, 0.717) is 22.8 Å². The fourth-order valence-corrected chi connectivity index (χ4v) is 3.39. The van der Waals surface area contributed by atoms with Crippen LogP contribution in [0.2, 0.25) is 0 Å². The van der Waals surface area contributed by atoms with Crippen molar-refractivity contribution in [1.29, 1.82) is 0 Å². The largest absolute Gasteiger partial charge is 0.398 e. The highest BCUT2D eigenvalue weighted by Gasteiger charge is 2.41. The summed E-state index contributed by atoms with van der Waals surface area (Å²) in [4.78, 5) is 4.32. The first-order chi connectivity index (χ1) is 10.2. The van der Waals surface area contributed by atoms with E-state index < -0.39 is 0 Å². The van der Waals surface area contributed by atoms with Gasteiger partial charge in [0.1, 0.15) is 0 Å². The molecule has 4 rings (SSSR count). The molecule has 3 nitrogen and oxygen atoms in total. The molecule has 21 heavy (non-hydrogen) atoms. The molecule has 0 atom stereocenters. The second kappa shape index (κ2) is 4.86. The van der Waals surface area contributed by atoms with Crippen molar-refractivity contribution in [3.8, 4) is 0 Å². The molecule has 0 radical (unpaired) electrons. The summed E-state index contributed by atoms with van der Waals surface area (Å²) >= 11 is 0. The van der Waals surface area contributed by atoms with Crippen molar-refractivity contribution in [3.63, 3.8) is 0 Å². The van der Waals surface area contributed by atoms with Gasteiger partial charge in [0.25, 0.3) is 0 Å². The topological polar surface area (TPSA) is 50.9 Å². The predicted molar refractivity (Wildman–Crippen MR) is 83.5 cm³/mol. The van der Waals surface area contributed by atoms with Crippen molar-refractivity contribution < 1.29 is 4.39 Å². The van der Waals surface area contributed by atoms with Crippen molar-refractivity contribution in [2.75, 3.05) is 17.6 Å². The van der Waals surface area contributed by atoms with Gasteiger partial charge in [-0.3, -0.25) is 4.98 Å². The second-order valence-electron chi connectivity index (χ2n) is 6.44. The van der Waals surface area contributed by atoms with Crippen LogP contribution in [0.3, 0.4) is 0 Å². The van der Waals surface area contributed by atoms with Gasteiger partial charge in [-0.1, -0.05) is 0 Å². The molecule has 1 heterocycles. The molecule has 2 aliphatic carbocycles. The first-order valence-corrected chi connectivity index (χ1v) is 7.80.